The van der Waals surface area contributed by atoms with E-state index < -0.39 is 17.7 Å². The predicted molar refractivity (Wildman–Crippen MR) is 139 cm³/mol. The minimum atomic E-state index is -0.803. The summed E-state index contributed by atoms with van der Waals surface area (Å²) in [7, 11) is 0. The van der Waals surface area contributed by atoms with Crippen molar-refractivity contribution in [3.63, 3.8) is 0 Å². The van der Waals surface area contributed by atoms with Gasteiger partial charge in [-0.1, -0.05) is 61.8 Å². The molecule has 1 atom stereocenters. The van der Waals surface area contributed by atoms with E-state index in [9.17, 15) is 14.7 Å². The Labute approximate surface area is 210 Å². The summed E-state index contributed by atoms with van der Waals surface area (Å²) in [5.74, 6) is -0.805. The number of aliphatic hydroxyl groups is 1. The molecule has 1 unspecified atom stereocenters. The molecule has 3 aromatic rings. The number of halogens is 1. The van der Waals surface area contributed by atoms with Crippen LogP contribution in [0.4, 0.5) is 5.69 Å². The number of aryl methyl sites for hydroxylation is 1. The van der Waals surface area contributed by atoms with Gasteiger partial charge in [-0.3, -0.25) is 14.5 Å². The van der Waals surface area contributed by atoms with Crippen LogP contribution >= 0.6 is 11.6 Å². The first-order valence-electron chi connectivity index (χ1n) is 11.6. The normalized spacial score (nSPS) is 17.3. The molecule has 1 aliphatic rings. The number of hydrogen-bond donors (Lipinski definition) is 1. The van der Waals surface area contributed by atoms with Crippen molar-refractivity contribution in [2.75, 3.05) is 11.5 Å². The Balaban J connectivity index is 1.95. The van der Waals surface area contributed by atoms with Crippen molar-refractivity contribution < 1.29 is 19.4 Å². The van der Waals surface area contributed by atoms with E-state index in [0.29, 0.717) is 28.4 Å². The molecule has 5 nitrogen and oxygen atoms in total. The first-order valence-corrected chi connectivity index (χ1v) is 12.0. The van der Waals surface area contributed by atoms with Crippen LogP contribution in [0.5, 0.6) is 5.75 Å². The van der Waals surface area contributed by atoms with Gasteiger partial charge < -0.3 is 9.84 Å². The summed E-state index contributed by atoms with van der Waals surface area (Å²) in [6.45, 7) is 8.35. The Bertz CT molecular complexity index is 1310. The van der Waals surface area contributed by atoms with Gasteiger partial charge in [-0.2, -0.15) is 0 Å². The average molecular weight is 490 g/mol. The van der Waals surface area contributed by atoms with E-state index in [1.54, 1.807) is 30.3 Å². The van der Waals surface area contributed by atoms with E-state index in [0.717, 1.165) is 16.9 Å². The van der Waals surface area contributed by atoms with Crippen LogP contribution in [0, 0.1) is 6.92 Å². The molecule has 0 radical (unpaired) electrons. The highest BCUT2D eigenvalue weighted by Gasteiger charge is 2.47. The van der Waals surface area contributed by atoms with Gasteiger partial charge >= 0.3 is 0 Å². The number of ketones is 1. The molecule has 1 amide bonds. The molecule has 1 saturated heterocycles. The molecule has 1 aliphatic heterocycles. The lowest BCUT2D eigenvalue weighted by molar-refractivity contribution is -0.132. The van der Waals surface area contributed by atoms with Crippen molar-refractivity contribution in [3.05, 3.63) is 99.6 Å². The highest BCUT2D eigenvalue weighted by Crippen LogP contribution is 2.44. The summed E-state index contributed by atoms with van der Waals surface area (Å²) in [4.78, 5) is 28.2. The van der Waals surface area contributed by atoms with Gasteiger partial charge in [-0.05, 0) is 66.8 Å². The average Bonchev–Trinajstić information content (AvgIpc) is 3.11. The highest BCUT2D eigenvalue weighted by molar-refractivity contribution is 6.52. The van der Waals surface area contributed by atoms with Crippen LogP contribution in [0.2, 0.25) is 5.02 Å². The zero-order valence-electron chi connectivity index (χ0n) is 20.2. The topological polar surface area (TPSA) is 66.8 Å². The van der Waals surface area contributed by atoms with Gasteiger partial charge in [0.05, 0.1) is 18.2 Å². The zero-order chi connectivity index (χ0) is 25.3. The molecule has 3 aromatic carbocycles. The second kappa shape index (κ2) is 9.96. The molecule has 1 fully saturated rings. The first-order chi connectivity index (χ1) is 16.7. The Morgan fingerprint density at radius 3 is 2.43 bits per heavy atom. The maximum absolute atomic E-state index is 13.4. The van der Waals surface area contributed by atoms with Crippen LogP contribution in [0.25, 0.3) is 5.76 Å². The van der Waals surface area contributed by atoms with E-state index in [2.05, 4.69) is 0 Å². The fourth-order valence-corrected chi connectivity index (χ4v) is 4.63. The fraction of sp³-hybridized carbons (Fsp3) is 0.241. The molecule has 1 N–H and O–H groups in total. The van der Waals surface area contributed by atoms with Gasteiger partial charge in [-0.15, -0.1) is 0 Å². The summed E-state index contributed by atoms with van der Waals surface area (Å²) in [6.07, 6.45) is 0. The summed E-state index contributed by atoms with van der Waals surface area (Å²) in [5.41, 5.74) is 3.44. The molecule has 0 spiro atoms. The van der Waals surface area contributed by atoms with E-state index >= 15 is 0 Å². The number of carbonyl (C=O) groups excluding carboxylic acids is 2. The van der Waals surface area contributed by atoms with Gasteiger partial charge in [0.15, 0.2) is 0 Å². The Morgan fingerprint density at radius 2 is 1.77 bits per heavy atom. The second-order valence-corrected chi connectivity index (χ2v) is 9.29. The van der Waals surface area contributed by atoms with Crippen molar-refractivity contribution in [1.82, 2.24) is 0 Å². The molecule has 6 heteroatoms. The monoisotopic (exact) mass is 489 g/mol. The van der Waals surface area contributed by atoms with Crippen LogP contribution in [0.3, 0.4) is 0 Å². The van der Waals surface area contributed by atoms with Crippen molar-refractivity contribution in [2.24, 2.45) is 0 Å². The third-order valence-electron chi connectivity index (χ3n) is 6.20. The summed E-state index contributed by atoms with van der Waals surface area (Å²) < 4.78 is 5.75. The van der Waals surface area contributed by atoms with E-state index in [4.69, 9.17) is 16.3 Å². The van der Waals surface area contributed by atoms with Crippen molar-refractivity contribution in [3.8, 4) is 5.75 Å². The number of ether oxygens (including phenoxy) is 1. The number of anilines is 1. The van der Waals surface area contributed by atoms with Crippen LogP contribution in [0.15, 0.2) is 72.3 Å². The predicted octanol–water partition coefficient (Wildman–Crippen LogP) is 6.80. The Kier molecular flexibility index (Phi) is 6.99. The minimum absolute atomic E-state index is 0.0411. The number of benzene rings is 3. The molecule has 0 aliphatic carbocycles. The van der Waals surface area contributed by atoms with Crippen molar-refractivity contribution in [1.29, 1.82) is 0 Å². The molecule has 35 heavy (non-hydrogen) atoms. The second-order valence-electron chi connectivity index (χ2n) is 8.85. The fourth-order valence-electron chi connectivity index (χ4n) is 4.46. The smallest absolute Gasteiger partial charge is 0.300 e. The maximum Gasteiger partial charge on any atom is 0.300 e. The van der Waals surface area contributed by atoms with Gasteiger partial charge in [0.25, 0.3) is 11.7 Å². The standard InChI is InChI=1S/C29H28ClNO4/c1-5-35-24-14-12-20(15-22(24)17(2)3)27(32)25-26(19-9-7-6-8-10-19)31(29(34)28(25)33)23-16-21(30)13-11-18(23)4/h6-17,26,32H,5H2,1-4H3/b27-25-. The van der Waals surface area contributed by atoms with Crippen molar-refractivity contribution in [2.45, 2.75) is 39.7 Å². The van der Waals surface area contributed by atoms with E-state index in [1.807, 2.05) is 64.1 Å². The molecule has 4 rings (SSSR count). The zero-order valence-corrected chi connectivity index (χ0v) is 21.0. The first kappa shape index (κ1) is 24.6. The minimum Gasteiger partial charge on any atom is -0.507 e. The summed E-state index contributed by atoms with van der Waals surface area (Å²) >= 11 is 6.26. The quantitative estimate of drug-likeness (QED) is 0.235. The molecule has 1 heterocycles. The van der Waals surface area contributed by atoms with Crippen LogP contribution < -0.4 is 9.64 Å². The SMILES string of the molecule is CCOc1ccc(/C(O)=C2/C(=O)C(=O)N(c3cc(Cl)ccc3C)C2c2ccccc2)cc1C(C)C. The Hall–Kier alpha value is -3.57. The largest absolute Gasteiger partial charge is 0.507 e. The van der Waals surface area contributed by atoms with E-state index in [1.165, 1.54) is 4.90 Å². The lowest BCUT2D eigenvalue weighted by atomic mass is 9.93. The number of amides is 1. The lowest BCUT2D eigenvalue weighted by Gasteiger charge is -2.27. The number of Topliss-reactive ketones (excluding diaryl/α,β-unsaturated/α-hetero) is 1. The highest BCUT2D eigenvalue weighted by atomic mass is 35.5. The number of nitrogens with zero attached hydrogens (tertiary/aromatic N) is 1. The van der Waals surface area contributed by atoms with Gasteiger partial charge in [0.2, 0.25) is 0 Å². The number of hydrogen-bond acceptors (Lipinski definition) is 4. The number of rotatable bonds is 6. The molecule has 0 saturated carbocycles. The molecule has 180 valence electrons. The van der Waals surface area contributed by atoms with Crippen molar-refractivity contribution >= 4 is 34.7 Å². The van der Waals surface area contributed by atoms with Gasteiger partial charge in [0.1, 0.15) is 11.5 Å². The summed E-state index contributed by atoms with van der Waals surface area (Å²) in [6, 6.07) is 19.0. The third kappa shape index (κ3) is 4.56. The molecule has 0 aromatic heterocycles. The van der Waals surface area contributed by atoms with Crippen LogP contribution in [0.1, 0.15) is 55.0 Å². The third-order valence-corrected chi connectivity index (χ3v) is 6.43. The number of carbonyl (C=O) groups is 2. The van der Waals surface area contributed by atoms with E-state index in [-0.39, 0.29) is 17.3 Å². The molecule has 0 bridgehead atoms. The molecular formula is C29H28ClNO4. The van der Waals surface area contributed by atoms with Gasteiger partial charge in [-0.25, -0.2) is 0 Å². The van der Waals surface area contributed by atoms with Gasteiger partial charge in [0, 0.05) is 16.3 Å². The van der Waals surface area contributed by atoms with Crippen LogP contribution in [-0.4, -0.2) is 23.4 Å². The Morgan fingerprint density at radius 1 is 1.06 bits per heavy atom. The molecular weight excluding hydrogens is 462 g/mol. The maximum atomic E-state index is 13.4. The summed E-state index contributed by atoms with van der Waals surface area (Å²) in [5, 5.41) is 11.9. The number of aliphatic hydroxyl groups excluding tert-OH is 1. The van der Waals surface area contributed by atoms with Crippen LogP contribution in [-0.2, 0) is 9.59 Å². The lowest BCUT2D eigenvalue weighted by Crippen LogP contribution is -2.30.